The van der Waals surface area contributed by atoms with Crippen LogP contribution in [0.1, 0.15) is 11.3 Å². The zero-order chi connectivity index (χ0) is 16.7. The SMILES string of the molecule is CN=C(NCCc1ccc(OC)cc1O)NCc1ccnn1C. The van der Waals surface area contributed by atoms with Gasteiger partial charge in [0.25, 0.3) is 0 Å². The van der Waals surface area contributed by atoms with Gasteiger partial charge in [0, 0.05) is 32.9 Å². The summed E-state index contributed by atoms with van der Waals surface area (Å²) in [4.78, 5) is 4.18. The monoisotopic (exact) mass is 317 g/mol. The molecular weight excluding hydrogens is 294 g/mol. The molecule has 0 bridgehead atoms. The summed E-state index contributed by atoms with van der Waals surface area (Å²) in [6.45, 7) is 1.30. The van der Waals surface area contributed by atoms with Gasteiger partial charge >= 0.3 is 0 Å². The minimum atomic E-state index is 0.240. The smallest absolute Gasteiger partial charge is 0.191 e. The number of phenolic OH excluding ortho intramolecular Hbond substituents is 1. The van der Waals surface area contributed by atoms with Crippen molar-refractivity contribution in [3.05, 3.63) is 41.7 Å². The molecule has 1 aromatic heterocycles. The van der Waals surface area contributed by atoms with Crippen molar-refractivity contribution in [2.45, 2.75) is 13.0 Å². The number of hydrogen-bond acceptors (Lipinski definition) is 4. The number of aromatic nitrogens is 2. The van der Waals surface area contributed by atoms with Gasteiger partial charge in [0.05, 0.1) is 19.3 Å². The minimum absolute atomic E-state index is 0.240. The fraction of sp³-hybridized carbons (Fsp3) is 0.375. The normalized spacial score (nSPS) is 11.3. The van der Waals surface area contributed by atoms with Gasteiger partial charge in [0.15, 0.2) is 5.96 Å². The second-order valence-corrected chi connectivity index (χ2v) is 5.04. The summed E-state index contributed by atoms with van der Waals surface area (Å²) >= 11 is 0. The highest BCUT2D eigenvalue weighted by Gasteiger charge is 2.05. The number of nitrogens with one attached hydrogen (secondary N) is 2. The van der Waals surface area contributed by atoms with Crippen LogP contribution in [0.2, 0.25) is 0 Å². The van der Waals surface area contributed by atoms with E-state index in [1.54, 1.807) is 26.4 Å². The van der Waals surface area contributed by atoms with E-state index in [9.17, 15) is 5.11 Å². The van der Waals surface area contributed by atoms with Crippen LogP contribution >= 0.6 is 0 Å². The maximum atomic E-state index is 9.94. The van der Waals surface area contributed by atoms with Crippen LogP contribution < -0.4 is 15.4 Å². The maximum Gasteiger partial charge on any atom is 0.191 e. The van der Waals surface area contributed by atoms with Crippen LogP contribution in [0, 0.1) is 0 Å². The highest BCUT2D eigenvalue weighted by molar-refractivity contribution is 5.79. The summed E-state index contributed by atoms with van der Waals surface area (Å²) in [5.41, 5.74) is 1.93. The average Bonchev–Trinajstić information content (AvgIpc) is 2.97. The highest BCUT2D eigenvalue weighted by Crippen LogP contribution is 2.23. The van der Waals surface area contributed by atoms with Gasteiger partial charge in [-0.1, -0.05) is 6.07 Å². The number of aryl methyl sites for hydroxylation is 1. The number of guanidine groups is 1. The summed E-state index contributed by atoms with van der Waals surface area (Å²) in [7, 11) is 5.21. The third kappa shape index (κ3) is 4.64. The molecule has 0 aliphatic rings. The van der Waals surface area contributed by atoms with E-state index in [0.29, 0.717) is 31.2 Å². The predicted octanol–water partition coefficient (Wildman–Crippen LogP) is 1.04. The number of phenols is 1. The topological polar surface area (TPSA) is 83.7 Å². The van der Waals surface area contributed by atoms with E-state index in [4.69, 9.17) is 4.74 Å². The van der Waals surface area contributed by atoms with Crippen molar-refractivity contribution >= 4 is 5.96 Å². The average molecular weight is 317 g/mol. The quantitative estimate of drug-likeness (QED) is 0.548. The van der Waals surface area contributed by atoms with Crippen LogP contribution in [0.15, 0.2) is 35.5 Å². The molecule has 0 saturated carbocycles. The summed E-state index contributed by atoms with van der Waals surface area (Å²) in [6.07, 6.45) is 2.45. The molecule has 2 rings (SSSR count). The van der Waals surface area contributed by atoms with Gasteiger partial charge in [-0.15, -0.1) is 0 Å². The third-order valence-electron chi connectivity index (χ3n) is 3.56. The molecule has 3 N–H and O–H groups in total. The van der Waals surface area contributed by atoms with Gasteiger partial charge in [-0.05, 0) is 24.1 Å². The van der Waals surface area contributed by atoms with Crippen LogP contribution in [-0.4, -0.2) is 41.5 Å². The fourth-order valence-electron chi connectivity index (χ4n) is 2.17. The zero-order valence-corrected chi connectivity index (χ0v) is 13.7. The third-order valence-corrected chi connectivity index (χ3v) is 3.56. The largest absolute Gasteiger partial charge is 0.508 e. The standard InChI is InChI=1S/C16H23N5O2/c1-17-16(19-11-13-7-9-20-21(13)2)18-8-6-12-4-5-14(23-3)10-15(12)22/h4-5,7,9-10,22H,6,8,11H2,1-3H3,(H2,17,18,19). The van der Waals surface area contributed by atoms with Crippen molar-refractivity contribution in [3.8, 4) is 11.5 Å². The number of aromatic hydroxyl groups is 1. The Hall–Kier alpha value is -2.70. The van der Waals surface area contributed by atoms with E-state index < -0.39 is 0 Å². The van der Waals surface area contributed by atoms with Crippen molar-refractivity contribution in [1.82, 2.24) is 20.4 Å². The van der Waals surface area contributed by atoms with Gasteiger partial charge < -0.3 is 20.5 Å². The first-order valence-corrected chi connectivity index (χ1v) is 7.41. The van der Waals surface area contributed by atoms with Crippen molar-refractivity contribution in [3.63, 3.8) is 0 Å². The Kier molecular flexibility index (Phi) is 5.85. The Morgan fingerprint density at radius 1 is 1.35 bits per heavy atom. The molecule has 0 amide bonds. The molecule has 0 saturated heterocycles. The van der Waals surface area contributed by atoms with E-state index in [1.807, 2.05) is 29.9 Å². The second kappa shape index (κ2) is 8.07. The Labute approximate surface area is 136 Å². The van der Waals surface area contributed by atoms with E-state index in [-0.39, 0.29) is 5.75 Å². The Morgan fingerprint density at radius 3 is 2.78 bits per heavy atom. The van der Waals surface area contributed by atoms with E-state index in [0.717, 1.165) is 11.3 Å². The number of aliphatic imine (C=N–C) groups is 1. The molecule has 0 radical (unpaired) electrons. The Morgan fingerprint density at radius 2 is 2.17 bits per heavy atom. The summed E-state index contributed by atoms with van der Waals surface area (Å²) < 4.78 is 6.89. The number of ether oxygens (including phenoxy) is 1. The Bertz CT molecular complexity index is 666. The van der Waals surface area contributed by atoms with Gasteiger partial charge in [0.1, 0.15) is 11.5 Å². The lowest BCUT2D eigenvalue weighted by atomic mass is 10.1. The molecule has 2 aromatic rings. The molecule has 1 aromatic carbocycles. The van der Waals surface area contributed by atoms with Crippen LogP contribution in [-0.2, 0) is 20.0 Å². The van der Waals surface area contributed by atoms with E-state index in [1.165, 1.54) is 0 Å². The molecule has 0 spiro atoms. The lowest BCUT2D eigenvalue weighted by Crippen LogP contribution is -2.38. The lowest BCUT2D eigenvalue weighted by Gasteiger charge is -2.12. The molecule has 7 heteroatoms. The first-order chi connectivity index (χ1) is 11.1. The summed E-state index contributed by atoms with van der Waals surface area (Å²) in [5, 5.41) is 20.5. The highest BCUT2D eigenvalue weighted by atomic mass is 16.5. The van der Waals surface area contributed by atoms with Crippen LogP contribution in [0.3, 0.4) is 0 Å². The number of methoxy groups -OCH3 is 1. The molecule has 0 unspecified atom stereocenters. The second-order valence-electron chi connectivity index (χ2n) is 5.04. The first kappa shape index (κ1) is 16.7. The molecule has 23 heavy (non-hydrogen) atoms. The Balaban J connectivity index is 1.81. The number of hydrogen-bond donors (Lipinski definition) is 3. The molecule has 0 aliphatic carbocycles. The van der Waals surface area contributed by atoms with Gasteiger partial charge in [-0.2, -0.15) is 5.10 Å². The van der Waals surface area contributed by atoms with Gasteiger partial charge in [-0.25, -0.2) is 0 Å². The van der Waals surface area contributed by atoms with E-state index in [2.05, 4.69) is 20.7 Å². The van der Waals surface area contributed by atoms with Crippen LogP contribution in [0.5, 0.6) is 11.5 Å². The molecule has 1 heterocycles. The van der Waals surface area contributed by atoms with Crippen molar-refractivity contribution in [2.75, 3.05) is 20.7 Å². The van der Waals surface area contributed by atoms with Gasteiger partial charge in [0.2, 0.25) is 0 Å². The number of rotatable bonds is 6. The molecular formula is C16H23N5O2. The van der Waals surface area contributed by atoms with E-state index >= 15 is 0 Å². The van der Waals surface area contributed by atoms with Crippen LogP contribution in [0.25, 0.3) is 0 Å². The summed E-state index contributed by atoms with van der Waals surface area (Å²) in [6, 6.07) is 7.27. The molecule has 124 valence electrons. The lowest BCUT2D eigenvalue weighted by molar-refractivity contribution is 0.406. The first-order valence-electron chi connectivity index (χ1n) is 7.41. The number of nitrogens with zero attached hydrogens (tertiary/aromatic N) is 3. The predicted molar refractivity (Wildman–Crippen MR) is 89.8 cm³/mol. The fourth-order valence-corrected chi connectivity index (χ4v) is 2.17. The van der Waals surface area contributed by atoms with Crippen molar-refractivity contribution < 1.29 is 9.84 Å². The molecule has 0 fully saturated rings. The zero-order valence-electron chi connectivity index (χ0n) is 13.7. The molecule has 0 atom stereocenters. The van der Waals surface area contributed by atoms with Crippen molar-refractivity contribution in [1.29, 1.82) is 0 Å². The molecule has 7 nitrogen and oxygen atoms in total. The summed E-state index contributed by atoms with van der Waals surface area (Å²) in [5.74, 6) is 1.59. The minimum Gasteiger partial charge on any atom is -0.508 e. The van der Waals surface area contributed by atoms with Crippen LogP contribution in [0.4, 0.5) is 0 Å². The van der Waals surface area contributed by atoms with Crippen molar-refractivity contribution in [2.24, 2.45) is 12.0 Å². The van der Waals surface area contributed by atoms with Gasteiger partial charge in [-0.3, -0.25) is 9.67 Å². The number of benzene rings is 1. The molecule has 0 aliphatic heterocycles. The maximum absolute atomic E-state index is 9.94.